The summed E-state index contributed by atoms with van der Waals surface area (Å²) in [4.78, 5) is 12.4. The van der Waals surface area contributed by atoms with Crippen molar-refractivity contribution in [2.75, 3.05) is 11.9 Å². The molecule has 2 saturated heterocycles. The van der Waals surface area contributed by atoms with Crippen molar-refractivity contribution in [1.29, 1.82) is 0 Å². The molecule has 4 nitrogen and oxygen atoms in total. The van der Waals surface area contributed by atoms with Gasteiger partial charge in [-0.25, -0.2) is 0 Å². The van der Waals surface area contributed by atoms with Gasteiger partial charge < -0.3 is 15.4 Å². The third-order valence-corrected chi connectivity index (χ3v) is 4.67. The number of amides is 1. The van der Waals surface area contributed by atoms with Crippen molar-refractivity contribution < 1.29 is 9.53 Å². The van der Waals surface area contributed by atoms with Gasteiger partial charge in [-0.2, -0.15) is 0 Å². The molecule has 2 bridgehead atoms. The Kier molecular flexibility index (Phi) is 4.98. The molecule has 0 saturated carbocycles. The van der Waals surface area contributed by atoms with Gasteiger partial charge in [-0.3, -0.25) is 4.79 Å². The molecule has 3 rings (SSSR count). The summed E-state index contributed by atoms with van der Waals surface area (Å²) in [5.74, 6) is 1.39. The summed E-state index contributed by atoms with van der Waals surface area (Å²) in [6.45, 7) is 2.75. The molecule has 2 aliphatic heterocycles. The summed E-state index contributed by atoms with van der Waals surface area (Å²) in [6.07, 6.45) is 6.40. The Morgan fingerprint density at radius 3 is 2.73 bits per heavy atom. The van der Waals surface area contributed by atoms with Crippen molar-refractivity contribution >= 4 is 11.6 Å². The van der Waals surface area contributed by atoms with Crippen molar-refractivity contribution in [3.63, 3.8) is 0 Å². The Hall–Kier alpha value is -1.55. The molecular weight excluding hydrogens is 276 g/mol. The molecule has 4 heteroatoms. The van der Waals surface area contributed by atoms with E-state index in [0.29, 0.717) is 31.0 Å². The van der Waals surface area contributed by atoms with Crippen LogP contribution in [0.2, 0.25) is 0 Å². The Balaban J connectivity index is 1.55. The van der Waals surface area contributed by atoms with E-state index >= 15 is 0 Å². The Morgan fingerprint density at radius 2 is 2.00 bits per heavy atom. The summed E-state index contributed by atoms with van der Waals surface area (Å²) in [6, 6.07) is 8.96. The molecule has 2 aliphatic rings. The molecule has 2 N–H and O–H groups in total. The van der Waals surface area contributed by atoms with Gasteiger partial charge in [0.2, 0.25) is 5.91 Å². The van der Waals surface area contributed by atoms with Gasteiger partial charge in [0.25, 0.3) is 0 Å². The molecule has 120 valence electrons. The van der Waals surface area contributed by atoms with Crippen LogP contribution in [0.15, 0.2) is 24.3 Å². The highest BCUT2D eigenvalue weighted by molar-refractivity contribution is 5.92. The maximum absolute atomic E-state index is 12.4. The second kappa shape index (κ2) is 7.14. The maximum Gasteiger partial charge on any atom is 0.224 e. The average molecular weight is 302 g/mol. The number of anilines is 1. The first-order valence-electron chi connectivity index (χ1n) is 8.52. The molecule has 1 aromatic carbocycles. The quantitative estimate of drug-likeness (QED) is 0.847. The van der Waals surface area contributed by atoms with Gasteiger partial charge in [-0.05, 0) is 50.2 Å². The number of hydrogen-bond acceptors (Lipinski definition) is 3. The van der Waals surface area contributed by atoms with E-state index in [-0.39, 0.29) is 5.91 Å². The van der Waals surface area contributed by atoms with Gasteiger partial charge in [-0.1, -0.05) is 19.1 Å². The number of benzene rings is 1. The molecule has 2 heterocycles. The first kappa shape index (κ1) is 15.3. The molecule has 2 unspecified atom stereocenters. The largest absolute Gasteiger partial charge is 0.491 e. The van der Waals surface area contributed by atoms with Crippen LogP contribution in [0, 0.1) is 5.92 Å². The highest BCUT2D eigenvalue weighted by atomic mass is 16.5. The number of carbonyl (C=O) groups is 1. The van der Waals surface area contributed by atoms with Crippen LogP contribution in [0.1, 0.15) is 45.4 Å². The van der Waals surface area contributed by atoms with Crippen molar-refractivity contribution in [3.8, 4) is 5.75 Å². The second-order valence-electron chi connectivity index (χ2n) is 6.57. The van der Waals surface area contributed by atoms with Crippen LogP contribution < -0.4 is 15.4 Å². The zero-order chi connectivity index (χ0) is 15.4. The predicted molar refractivity (Wildman–Crippen MR) is 88.1 cm³/mol. The van der Waals surface area contributed by atoms with E-state index in [1.54, 1.807) is 0 Å². The lowest BCUT2D eigenvalue weighted by molar-refractivity contribution is -0.117. The monoisotopic (exact) mass is 302 g/mol. The zero-order valence-corrected chi connectivity index (χ0v) is 13.3. The van der Waals surface area contributed by atoms with Crippen LogP contribution in [0.5, 0.6) is 5.75 Å². The van der Waals surface area contributed by atoms with Gasteiger partial charge in [0.15, 0.2) is 0 Å². The molecule has 1 aromatic rings. The zero-order valence-electron chi connectivity index (χ0n) is 13.3. The second-order valence-corrected chi connectivity index (χ2v) is 6.57. The number of nitrogens with one attached hydrogen (secondary N) is 2. The summed E-state index contributed by atoms with van der Waals surface area (Å²) < 4.78 is 5.70. The molecule has 22 heavy (non-hydrogen) atoms. The van der Waals surface area contributed by atoms with Gasteiger partial charge >= 0.3 is 0 Å². The first-order chi connectivity index (χ1) is 10.7. The highest BCUT2D eigenvalue weighted by Crippen LogP contribution is 2.33. The van der Waals surface area contributed by atoms with Crippen LogP contribution >= 0.6 is 0 Å². The topological polar surface area (TPSA) is 50.4 Å². The number of rotatable bonds is 6. The fraction of sp³-hybridized carbons (Fsp3) is 0.611. The van der Waals surface area contributed by atoms with E-state index in [1.807, 2.05) is 24.3 Å². The lowest BCUT2D eigenvalue weighted by Crippen LogP contribution is -2.39. The van der Waals surface area contributed by atoms with Crippen molar-refractivity contribution in [1.82, 2.24) is 5.32 Å². The molecular formula is C18H26N2O2. The normalized spacial score (nSPS) is 26.7. The van der Waals surface area contributed by atoms with Crippen LogP contribution in [-0.4, -0.2) is 24.6 Å². The summed E-state index contributed by atoms with van der Waals surface area (Å²) in [7, 11) is 0. The van der Waals surface area contributed by atoms with E-state index < -0.39 is 0 Å². The fourth-order valence-electron chi connectivity index (χ4n) is 3.71. The molecule has 0 radical (unpaired) electrons. The standard InChI is InChI=1S/C18H26N2O2/c1-2-9-22-17-6-4-3-5-16(17)20-18(21)12-13-10-14-7-8-15(11-13)19-14/h3-6,13-15,19H,2,7-12H2,1H3,(H,20,21). The smallest absolute Gasteiger partial charge is 0.224 e. The molecule has 0 aromatic heterocycles. The van der Waals surface area contributed by atoms with Gasteiger partial charge in [0.05, 0.1) is 12.3 Å². The molecule has 0 spiro atoms. The predicted octanol–water partition coefficient (Wildman–Crippen LogP) is 3.33. The Morgan fingerprint density at radius 1 is 1.27 bits per heavy atom. The van der Waals surface area contributed by atoms with Crippen LogP contribution in [0.3, 0.4) is 0 Å². The maximum atomic E-state index is 12.4. The lowest BCUT2D eigenvalue weighted by Gasteiger charge is -2.28. The SMILES string of the molecule is CCCOc1ccccc1NC(=O)CC1CC2CCC(C1)N2. The van der Waals surface area contributed by atoms with Gasteiger partial charge in [-0.15, -0.1) is 0 Å². The fourth-order valence-corrected chi connectivity index (χ4v) is 3.71. The lowest BCUT2D eigenvalue weighted by atomic mass is 9.89. The minimum atomic E-state index is 0.110. The number of ether oxygens (including phenoxy) is 1. The van der Waals surface area contributed by atoms with Crippen LogP contribution in [0.25, 0.3) is 0 Å². The number of hydrogen-bond donors (Lipinski definition) is 2. The van der Waals surface area contributed by atoms with Crippen LogP contribution in [-0.2, 0) is 4.79 Å². The average Bonchev–Trinajstić information content (AvgIpc) is 2.85. The number of para-hydroxylation sites is 2. The van der Waals surface area contributed by atoms with E-state index in [1.165, 1.54) is 12.8 Å². The summed E-state index contributed by atoms with van der Waals surface area (Å²) in [5, 5.41) is 6.66. The molecule has 0 aliphatic carbocycles. The van der Waals surface area contributed by atoms with E-state index in [0.717, 1.165) is 30.7 Å². The van der Waals surface area contributed by atoms with Crippen LogP contribution in [0.4, 0.5) is 5.69 Å². The number of fused-ring (bicyclic) bond motifs is 2. The van der Waals surface area contributed by atoms with Crippen molar-refractivity contribution in [3.05, 3.63) is 24.3 Å². The number of piperidine rings is 1. The van der Waals surface area contributed by atoms with E-state index in [9.17, 15) is 4.79 Å². The Bertz CT molecular complexity index is 506. The Labute approximate surface area is 132 Å². The minimum absolute atomic E-state index is 0.110. The van der Waals surface area contributed by atoms with E-state index in [4.69, 9.17) is 4.74 Å². The third-order valence-electron chi connectivity index (χ3n) is 4.67. The molecule has 1 amide bonds. The van der Waals surface area contributed by atoms with E-state index in [2.05, 4.69) is 17.6 Å². The molecule has 2 atom stereocenters. The van der Waals surface area contributed by atoms with Gasteiger partial charge in [0.1, 0.15) is 5.75 Å². The molecule has 2 fully saturated rings. The van der Waals surface area contributed by atoms with Gasteiger partial charge in [0, 0.05) is 18.5 Å². The minimum Gasteiger partial charge on any atom is -0.491 e. The summed E-state index contributed by atoms with van der Waals surface area (Å²) in [5.41, 5.74) is 0.790. The highest BCUT2D eigenvalue weighted by Gasteiger charge is 2.34. The van der Waals surface area contributed by atoms with Crippen molar-refractivity contribution in [2.45, 2.75) is 57.5 Å². The number of carbonyl (C=O) groups excluding carboxylic acids is 1. The third kappa shape index (κ3) is 3.80. The van der Waals surface area contributed by atoms with Crippen molar-refractivity contribution in [2.24, 2.45) is 5.92 Å². The first-order valence-corrected chi connectivity index (χ1v) is 8.52. The summed E-state index contributed by atoms with van der Waals surface area (Å²) >= 11 is 0.